The number of carbonyl (C=O) groups is 1. The first-order valence-electron chi connectivity index (χ1n) is 8.07. The number of hydrogen-bond acceptors (Lipinski definition) is 5. The number of carbonyl (C=O) groups excluding carboxylic acids is 1. The summed E-state index contributed by atoms with van der Waals surface area (Å²) in [4.78, 5) is 12.0. The second-order valence-electron chi connectivity index (χ2n) is 5.64. The highest BCUT2D eigenvalue weighted by Gasteiger charge is 2.13. The quantitative estimate of drug-likeness (QED) is 0.579. The van der Waals surface area contributed by atoms with Crippen LogP contribution in [0.25, 0.3) is 0 Å². The molecule has 0 unspecified atom stereocenters. The van der Waals surface area contributed by atoms with E-state index in [0.717, 1.165) is 23.9 Å². The fourth-order valence-electron chi connectivity index (χ4n) is 2.20. The number of amides is 1. The van der Waals surface area contributed by atoms with Crippen LogP contribution in [-0.4, -0.2) is 26.4 Å². The Labute approximate surface area is 168 Å². The molecule has 0 saturated heterocycles. The highest BCUT2D eigenvalue weighted by molar-refractivity contribution is 7.99. The van der Waals surface area contributed by atoms with Crippen LogP contribution in [-0.2, 0) is 18.4 Å². The molecule has 2 aromatic carbocycles. The van der Waals surface area contributed by atoms with Crippen molar-refractivity contribution in [3.63, 3.8) is 0 Å². The molecule has 0 bridgehead atoms. The molecular formula is C18H15ClF2N4O2S. The van der Waals surface area contributed by atoms with Gasteiger partial charge in [0.1, 0.15) is 12.4 Å². The van der Waals surface area contributed by atoms with Crippen LogP contribution in [0.15, 0.2) is 47.6 Å². The van der Waals surface area contributed by atoms with E-state index < -0.39 is 11.6 Å². The summed E-state index contributed by atoms with van der Waals surface area (Å²) >= 11 is 7.20. The number of nitrogens with one attached hydrogen (secondary N) is 1. The topological polar surface area (TPSA) is 69.0 Å². The Kier molecular flexibility index (Phi) is 6.48. The molecule has 1 amide bonds. The van der Waals surface area contributed by atoms with Gasteiger partial charge in [0.15, 0.2) is 22.6 Å². The first-order chi connectivity index (χ1) is 13.4. The summed E-state index contributed by atoms with van der Waals surface area (Å²) in [7, 11) is 1.75. The van der Waals surface area contributed by atoms with Gasteiger partial charge in [0.25, 0.3) is 0 Å². The Bertz CT molecular complexity index is 999. The number of ether oxygens (including phenoxy) is 1. The Morgan fingerprint density at radius 3 is 2.75 bits per heavy atom. The van der Waals surface area contributed by atoms with E-state index in [1.807, 2.05) is 6.07 Å². The van der Waals surface area contributed by atoms with Gasteiger partial charge < -0.3 is 14.6 Å². The van der Waals surface area contributed by atoms with E-state index in [2.05, 4.69) is 15.5 Å². The van der Waals surface area contributed by atoms with Crippen molar-refractivity contribution in [1.82, 2.24) is 14.8 Å². The molecule has 0 radical (unpaired) electrons. The van der Waals surface area contributed by atoms with Gasteiger partial charge in [0, 0.05) is 18.8 Å². The molecule has 28 heavy (non-hydrogen) atoms. The number of para-hydroxylation sites is 1. The maximum Gasteiger partial charge on any atom is 0.234 e. The molecule has 3 rings (SSSR count). The van der Waals surface area contributed by atoms with E-state index in [9.17, 15) is 13.6 Å². The van der Waals surface area contributed by atoms with Crippen molar-refractivity contribution in [2.45, 2.75) is 11.8 Å². The van der Waals surface area contributed by atoms with E-state index in [1.54, 1.807) is 29.8 Å². The van der Waals surface area contributed by atoms with Crippen LogP contribution >= 0.6 is 23.4 Å². The maximum absolute atomic E-state index is 13.2. The van der Waals surface area contributed by atoms with Crippen molar-refractivity contribution in [3.05, 3.63) is 64.9 Å². The minimum absolute atomic E-state index is 0.0241. The number of anilines is 1. The summed E-state index contributed by atoms with van der Waals surface area (Å²) in [5, 5.41) is 11.6. The Balaban J connectivity index is 1.54. The molecule has 1 N–H and O–H groups in total. The average molecular weight is 425 g/mol. The third-order valence-corrected chi connectivity index (χ3v) is 4.99. The summed E-state index contributed by atoms with van der Waals surface area (Å²) in [5.41, 5.74) is 0.177. The van der Waals surface area contributed by atoms with Crippen molar-refractivity contribution in [2.75, 3.05) is 11.1 Å². The molecule has 0 spiro atoms. The van der Waals surface area contributed by atoms with Crippen molar-refractivity contribution in [3.8, 4) is 5.75 Å². The van der Waals surface area contributed by atoms with Gasteiger partial charge in [-0.25, -0.2) is 8.78 Å². The zero-order valence-electron chi connectivity index (χ0n) is 14.7. The second-order valence-corrected chi connectivity index (χ2v) is 6.99. The van der Waals surface area contributed by atoms with E-state index in [-0.39, 0.29) is 24.0 Å². The second kappa shape index (κ2) is 9.03. The fourth-order valence-corrected chi connectivity index (χ4v) is 3.12. The van der Waals surface area contributed by atoms with Gasteiger partial charge in [-0.1, -0.05) is 35.5 Å². The van der Waals surface area contributed by atoms with Gasteiger partial charge in [0.2, 0.25) is 5.91 Å². The highest BCUT2D eigenvalue weighted by Crippen LogP contribution is 2.24. The van der Waals surface area contributed by atoms with Crippen LogP contribution in [0.5, 0.6) is 5.75 Å². The zero-order valence-corrected chi connectivity index (χ0v) is 16.2. The number of nitrogens with zero attached hydrogens (tertiary/aromatic N) is 3. The van der Waals surface area contributed by atoms with Gasteiger partial charge in [-0.05, 0) is 24.3 Å². The lowest BCUT2D eigenvalue weighted by molar-refractivity contribution is -0.113. The summed E-state index contributed by atoms with van der Waals surface area (Å²) in [5.74, 6) is -1.26. The third-order valence-electron chi connectivity index (χ3n) is 3.65. The van der Waals surface area contributed by atoms with Gasteiger partial charge in [-0.3, -0.25) is 4.79 Å². The van der Waals surface area contributed by atoms with Crippen LogP contribution in [0.4, 0.5) is 14.5 Å². The summed E-state index contributed by atoms with van der Waals surface area (Å²) in [6, 6.07) is 10.2. The number of aromatic nitrogens is 3. The van der Waals surface area contributed by atoms with Crippen molar-refractivity contribution >= 4 is 35.0 Å². The van der Waals surface area contributed by atoms with E-state index >= 15 is 0 Å². The van der Waals surface area contributed by atoms with E-state index in [1.165, 1.54) is 6.07 Å². The predicted octanol–water partition coefficient (Wildman–Crippen LogP) is 4.06. The first kappa shape index (κ1) is 20.1. The smallest absolute Gasteiger partial charge is 0.234 e. The number of rotatable bonds is 7. The molecule has 0 aliphatic rings. The largest absolute Gasteiger partial charge is 0.484 e. The molecular weight excluding hydrogens is 410 g/mol. The third kappa shape index (κ3) is 4.99. The Hall–Kier alpha value is -2.65. The van der Waals surface area contributed by atoms with E-state index in [0.29, 0.717) is 21.8 Å². The number of thioether (sulfide) groups is 1. The summed E-state index contributed by atoms with van der Waals surface area (Å²) in [6.07, 6.45) is 0. The standard InChI is InChI=1S/C18H15ClF2N4O2S/c1-25-16(9-27-15-5-3-2-4-12(15)19)23-24-18(25)28-10-17(26)22-11-6-7-13(20)14(21)8-11/h2-8H,9-10H2,1H3,(H,22,26). The molecule has 0 atom stereocenters. The average Bonchev–Trinajstić information content (AvgIpc) is 3.02. The lowest BCUT2D eigenvalue weighted by Gasteiger charge is -2.08. The molecule has 6 nitrogen and oxygen atoms in total. The van der Waals surface area contributed by atoms with Crippen LogP contribution < -0.4 is 10.1 Å². The summed E-state index contributed by atoms with van der Waals surface area (Å²) in [6.45, 7) is 0.162. The lowest BCUT2D eigenvalue weighted by Crippen LogP contribution is -2.15. The Morgan fingerprint density at radius 2 is 2.00 bits per heavy atom. The predicted molar refractivity (Wildman–Crippen MR) is 102 cm³/mol. The normalized spacial score (nSPS) is 10.7. The Morgan fingerprint density at radius 1 is 1.21 bits per heavy atom. The highest BCUT2D eigenvalue weighted by atomic mass is 35.5. The number of benzene rings is 2. The molecule has 0 aliphatic carbocycles. The zero-order chi connectivity index (χ0) is 20.1. The molecule has 146 valence electrons. The fraction of sp³-hybridized carbons (Fsp3) is 0.167. The lowest BCUT2D eigenvalue weighted by atomic mass is 10.3. The van der Waals surface area contributed by atoms with Crippen molar-refractivity contribution in [2.24, 2.45) is 7.05 Å². The van der Waals surface area contributed by atoms with Crippen molar-refractivity contribution < 1.29 is 18.3 Å². The van der Waals surface area contributed by atoms with Crippen LogP contribution in [0.3, 0.4) is 0 Å². The van der Waals surface area contributed by atoms with Gasteiger partial charge in [0.05, 0.1) is 10.8 Å². The van der Waals surface area contributed by atoms with Crippen LogP contribution in [0.2, 0.25) is 5.02 Å². The monoisotopic (exact) mass is 424 g/mol. The van der Waals surface area contributed by atoms with E-state index in [4.69, 9.17) is 16.3 Å². The molecule has 0 fully saturated rings. The molecule has 1 aromatic heterocycles. The molecule has 10 heteroatoms. The molecule has 0 saturated carbocycles. The van der Waals surface area contributed by atoms with Gasteiger partial charge >= 0.3 is 0 Å². The maximum atomic E-state index is 13.2. The van der Waals surface area contributed by atoms with Gasteiger partial charge in [-0.2, -0.15) is 0 Å². The number of hydrogen-bond donors (Lipinski definition) is 1. The van der Waals surface area contributed by atoms with Gasteiger partial charge in [-0.15, -0.1) is 10.2 Å². The number of halogens is 3. The minimum Gasteiger partial charge on any atom is -0.484 e. The SMILES string of the molecule is Cn1c(COc2ccccc2Cl)nnc1SCC(=O)Nc1ccc(F)c(F)c1. The molecule has 3 aromatic rings. The summed E-state index contributed by atoms with van der Waals surface area (Å²) < 4.78 is 33.4. The van der Waals surface area contributed by atoms with Crippen LogP contribution in [0, 0.1) is 11.6 Å². The van der Waals surface area contributed by atoms with Crippen LogP contribution in [0.1, 0.15) is 5.82 Å². The minimum atomic E-state index is -1.03. The first-order valence-corrected chi connectivity index (χ1v) is 9.43. The molecule has 1 heterocycles. The van der Waals surface area contributed by atoms with Crippen molar-refractivity contribution in [1.29, 1.82) is 0 Å². The molecule has 0 aliphatic heterocycles.